The molecule has 300 valence electrons. The lowest BCUT2D eigenvalue weighted by Crippen LogP contribution is -2.24. The molecule has 0 aliphatic rings. The van der Waals surface area contributed by atoms with Crippen molar-refractivity contribution in [3.63, 3.8) is 0 Å². The number of nitrogens with zero attached hydrogens (tertiary/aromatic N) is 6. The number of rotatable bonds is 8. The van der Waals surface area contributed by atoms with Gasteiger partial charge in [0.25, 0.3) is 5.91 Å². The van der Waals surface area contributed by atoms with Crippen molar-refractivity contribution >= 4 is 72.1 Å². The molecule has 1 amide bonds. The van der Waals surface area contributed by atoms with E-state index in [0.29, 0.717) is 44.4 Å². The first-order chi connectivity index (χ1) is 27.3. The Balaban J connectivity index is 0.000000289. The molecule has 15 nitrogen and oxygen atoms in total. The third kappa shape index (κ3) is 12.6. The number of halogens is 3. The number of aryl methyl sites for hydroxylation is 2. The number of hydrogen-bond acceptors (Lipinski definition) is 12. The van der Waals surface area contributed by atoms with Gasteiger partial charge in [-0.2, -0.15) is 5.10 Å². The van der Waals surface area contributed by atoms with Crippen molar-refractivity contribution in [1.29, 1.82) is 0 Å². The maximum atomic E-state index is 13.2. The van der Waals surface area contributed by atoms with Crippen LogP contribution in [0.2, 0.25) is 5.02 Å². The fourth-order valence-corrected chi connectivity index (χ4v) is 6.35. The Hall–Kier alpha value is -5.88. The molecule has 6 aromatic heterocycles. The molecule has 0 aliphatic carbocycles. The number of ether oxygens (including phenoxy) is 1. The quantitative estimate of drug-likeness (QED) is 0.0761. The van der Waals surface area contributed by atoms with Crippen molar-refractivity contribution in [2.75, 3.05) is 12.8 Å². The van der Waals surface area contributed by atoms with E-state index in [1.807, 2.05) is 38.1 Å². The highest BCUT2D eigenvalue weighted by molar-refractivity contribution is 9.10. The first-order valence-corrected chi connectivity index (χ1v) is 18.9. The Morgan fingerprint density at radius 3 is 2.29 bits per heavy atom. The number of aliphatic hydroxyl groups is 1. The average molecular weight is 935 g/mol. The van der Waals surface area contributed by atoms with Gasteiger partial charge in [-0.3, -0.25) is 14.8 Å². The van der Waals surface area contributed by atoms with Crippen LogP contribution in [0.15, 0.2) is 99.3 Å². The Labute approximate surface area is 355 Å². The predicted molar refractivity (Wildman–Crippen MR) is 229 cm³/mol. The fourth-order valence-electron chi connectivity index (χ4n) is 5.41. The minimum absolute atomic E-state index is 0. The zero-order chi connectivity index (χ0) is 41.1. The van der Waals surface area contributed by atoms with E-state index in [9.17, 15) is 14.4 Å². The van der Waals surface area contributed by atoms with Gasteiger partial charge in [0.05, 0.1) is 29.8 Å². The van der Waals surface area contributed by atoms with Crippen LogP contribution in [-0.4, -0.2) is 64.2 Å². The van der Waals surface area contributed by atoms with Crippen LogP contribution in [0.25, 0.3) is 22.4 Å². The zero-order valence-electron chi connectivity index (χ0n) is 30.7. The van der Waals surface area contributed by atoms with Crippen molar-refractivity contribution in [2.45, 2.75) is 40.8 Å². The number of aromatic amines is 2. The lowest BCUT2D eigenvalue weighted by atomic mass is 10.0. The lowest BCUT2D eigenvalue weighted by Gasteiger charge is -2.13. The van der Waals surface area contributed by atoms with Gasteiger partial charge in [-0.1, -0.05) is 25.1 Å². The summed E-state index contributed by atoms with van der Waals surface area (Å²) in [7, 11) is 1.34. The number of fused-ring (bicyclic) bond motifs is 1. The van der Waals surface area contributed by atoms with Crippen LogP contribution in [0.3, 0.4) is 0 Å². The number of esters is 1. The van der Waals surface area contributed by atoms with Crippen LogP contribution >= 0.6 is 43.5 Å². The second-order valence-corrected chi connectivity index (χ2v) is 14.3. The van der Waals surface area contributed by atoms with Crippen molar-refractivity contribution < 1.29 is 19.4 Å². The molecule has 0 fully saturated rings. The fraction of sp³-hybridized carbons (Fsp3) is 0.175. The molecule has 0 bridgehead atoms. The zero-order valence-corrected chi connectivity index (χ0v) is 34.6. The molecular weight excluding hydrogens is 896 g/mol. The topological polar surface area (TPSA) is 228 Å². The maximum absolute atomic E-state index is 13.2. The highest BCUT2D eigenvalue weighted by Gasteiger charge is 2.15. The van der Waals surface area contributed by atoms with E-state index >= 15 is 0 Å². The molecule has 18 heteroatoms. The van der Waals surface area contributed by atoms with Gasteiger partial charge in [0.1, 0.15) is 20.7 Å². The second-order valence-electron chi connectivity index (χ2n) is 12.2. The third-order valence-electron chi connectivity index (χ3n) is 8.10. The minimum atomic E-state index is -0.464. The van der Waals surface area contributed by atoms with E-state index in [4.69, 9.17) is 22.4 Å². The van der Waals surface area contributed by atoms with E-state index in [-0.39, 0.29) is 38.3 Å². The molecule has 0 saturated heterocycles. The molecule has 6 N–H and O–H groups in total. The van der Waals surface area contributed by atoms with Gasteiger partial charge in [0.2, 0.25) is 0 Å². The highest BCUT2D eigenvalue weighted by Crippen LogP contribution is 2.22. The number of aromatic nitrogens is 8. The van der Waals surface area contributed by atoms with Gasteiger partial charge in [0.15, 0.2) is 5.82 Å². The molecule has 0 radical (unpaired) electrons. The van der Waals surface area contributed by atoms with Gasteiger partial charge >= 0.3 is 11.7 Å². The van der Waals surface area contributed by atoms with Gasteiger partial charge in [-0.25, -0.2) is 34.6 Å². The number of nitrogens with one attached hydrogen (secondary N) is 3. The molecule has 1 aromatic carbocycles. The molecule has 7 rings (SSSR count). The summed E-state index contributed by atoms with van der Waals surface area (Å²) in [5, 5.41) is 19.3. The number of nitrogen functional groups attached to an aromatic ring is 1. The SMILES string of the molecule is C.COC(=O)c1ccnc(Br)c1.Cc1cc(N)nc(C)c1CNC(=O)c1cc(Cc2ccc3ncc(Cl)cc3c2)nc(-c2n[nH]c(=O)[nH]2)c1.OCc1ccnc(Br)c1. The van der Waals surface area contributed by atoms with Crippen LogP contribution in [0, 0.1) is 13.8 Å². The number of aliphatic hydroxyl groups excluding tert-OH is 1. The molecule has 7 aromatic rings. The van der Waals surface area contributed by atoms with E-state index in [1.54, 1.807) is 54.9 Å². The van der Waals surface area contributed by atoms with Crippen molar-refractivity contribution in [3.8, 4) is 11.5 Å². The monoisotopic (exact) mass is 932 g/mol. The largest absolute Gasteiger partial charge is 0.465 e. The van der Waals surface area contributed by atoms with Gasteiger partial charge in [-0.05, 0) is 129 Å². The number of anilines is 1. The Bertz CT molecular complexity index is 2580. The molecule has 58 heavy (non-hydrogen) atoms. The number of amides is 1. The van der Waals surface area contributed by atoms with Crippen molar-refractivity contribution in [3.05, 3.63) is 155 Å². The number of pyridine rings is 5. The molecule has 0 spiro atoms. The number of carbonyl (C=O) groups is 2. The Morgan fingerprint density at radius 1 is 0.914 bits per heavy atom. The average Bonchev–Trinajstić information content (AvgIpc) is 3.63. The van der Waals surface area contributed by atoms with E-state index < -0.39 is 5.69 Å². The van der Waals surface area contributed by atoms with Crippen LogP contribution in [-0.2, 0) is 24.3 Å². The lowest BCUT2D eigenvalue weighted by molar-refractivity contribution is 0.0600. The van der Waals surface area contributed by atoms with Crippen LogP contribution in [0.4, 0.5) is 5.82 Å². The number of nitrogens with two attached hydrogens (primary N) is 1. The number of methoxy groups -OCH3 is 1. The summed E-state index contributed by atoms with van der Waals surface area (Å²) in [6.07, 6.45) is 5.23. The summed E-state index contributed by atoms with van der Waals surface area (Å²) in [4.78, 5) is 59.4. The van der Waals surface area contributed by atoms with E-state index in [1.165, 1.54) is 13.3 Å². The second kappa shape index (κ2) is 21.0. The van der Waals surface area contributed by atoms with E-state index in [2.05, 4.69) is 82.0 Å². The summed E-state index contributed by atoms with van der Waals surface area (Å²) in [5.41, 5.74) is 12.5. The smallest absolute Gasteiger partial charge is 0.340 e. The summed E-state index contributed by atoms with van der Waals surface area (Å²) in [5.74, 6) is 0.0269. The normalized spacial score (nSPS) is 10.3. The number of H-pyrrole nitrogens is 2. The van der Waals surface area contributed by atoms with Crippen LogP contribution in [0.1, 0.15) is 61.8 Å². The molecule has 0 atom stereocenters. The molecular formula is C40H39Br2ClN10O5. The first kappa shape index (κ1) is 44.8. The summed E-state index contributed by atoms with van der Waals surface area (Å²) < 4.78 is 5.89. The highest BCUT2D eigenvalue weighted by atomic mass is 79.9. The van der Waals surface area contributed by atoms with E-state index in [0.717, 1.165) is 43.5 Å². The third-order valence-corrected chi connectivity index (χ3v) is 9.18. The van der Waals surface area contributed by atoms with Crippen LogP contribution in [0.5, 0.6) is 0 Å². The number of carbonyl (C=O) groups excluding carboxylic acids is 2. The predicted octanol–water partition coefficient (Wildman–Crippen LogP) is 7.08. The maximum Gasteiger partial charge on any atom is 0.340 e. The molecule has 0 saturated carbocycles. The minimum Gasteiger partial charge on any atom is -0.465 e. The Kier molecular flexibility index (Phi) is 16.3. The standard InChI is InChI=1S/C26H23ClN8O2.C7H6BrNO2.C6H6BrNO.CH4/c1-13-5-23(28)31-14(2)20(13)12-30-25(36)17-9-19(32-22(10-17)24-33-26(37)35-34-24)7-15-3-4-21-16(6-15)8-18(27)11-29-21;1-11-7(10)5-2-3-9-6(8)4-5;7-6-3-5(4-9)1-2-8-6;/h3-6,8-11H,7,12H2,1-2H3,(H2,28,31)(H,30,36)(H2,33,34,35,37);2-4H,1H3;1-3,9H,4H2;1H4. The summed E-state index contributed by atoms with van der Waals surface area (Å²) in [6, 6.07) is 19.5. The van der Waals surface area contributed by atoms with Gasteiger partial charge in [-0.15, -0.1) is 0 Å². The van der Waals surface area contributed by atoms with Gasteiger partial charge < -0.3 is 20.9 Å². The number of hydrogen-bond donors (Lipinski definition) is 5. The van der Waals surface area contributed by atoms with Crippen molar-refractivity contribution in [1.82, 2.24) is 45.4 Å². The molecule has 0 aliphatic heterocycles. The Morgan fingerprint density at radius 2 is 1.66 bits per heavy atom. The first-order valence-electron chi connectivity index (χ1n) is 16.9. The van der Waals surface area contributed by atoms with Gasteiger partial charge in [0, 0.05) is 53.9 Å². The summed E-state index contributed by atoms with van der Waals surface area (Å²) >= 11 is 12.4. The number of benzene rings is 1. The molecule has 0 unspecified atom stereocenters. The van der Waals surface area contributed by atoms with Crippen molar-refractivity contribution in [2.24, 2.45) is 0 Å². The molecule has 6 heterocycles. The summed E-state index contributed by atoms with van der Waals surface area (Å²) in [6.45, 7) is 4.14. The van der Waals surface area contributed by atoms with Crippen LogP contribution < -0.4 is 16.7 Å².